The molecule has 4 N–H and O–H groups in total. The summed E-state index contributed by atoms with van der Waals surface area (Å²) in [6, 6.07) is 22.5. The maximum atomic E-state index is 12.5. The number of nitrogen functional groups attached to an aromatic ring is 1. The lowest BCUT2D eigenvalue weighted by molar-refractivity contribution is 0.0951. The van der Waals surface area contributed by atoms with E-state index in [-0.39, 0.29) is 5.91 Å². The third kappa shape index (κ3) is 3.98. The summed E-state index contributed by atoms with van der Waals surface area (Å²) in [7, 11) is 0. The zero-order valence-electron chi connectivity index (χ0n) is 14.6. The van der Waals surface area contributed by atoms with Crippen molar-refractivity contribution in [3.05, 3.63) is 101 Å². The maximum absolute atomic E-state index is 12.5. The molecule has 0 bridgehead atoms. The summed E-state index contributed by atoms with van der Waals surface area (Å²) in [5, 5.41) is 11.3. The molecule has 1 amide bonds. The summed E-state index contributed by atoms with van der Waals surface area (Å²) >= 11 is 0. The topological polar surface area (TPSA) is 79.0 Å². The molecule has 3 rings (SSSR count). The molecule has 0 spiro atoms. The van der Waals surface area contributed by atoms with Crippen LogP contribution in [0.1, 0.15) is 32.6 Å². The minimum atomic E-state index is -0.188. The first-order chi connectivity index (χ1) is 12.5. The Labute approximate surface area is 153 Å². The van der Waals surface area contributed by atoms with E-state index in [2.05, 4.69) is 5.32 Å². The van der Waals surface area contributed by atoms with Gasteiger partial charge in [0, 0.05) is 28.9 Å². The van der Waals surface area contributed by atoms with Crippen molar-refractivity contribution in [1.82, 2.24) is 5.32 Å². The number of carbonyl (C=O) groups is 1. The molecule has 26 heavy (non-hydrogen) atoms. The Morgan fingerprint density at radius 2 is 1.62 bits per heavy atom. The molecule has 0 heterocycles. The van der Waals surface area contributed by atoms with Crippen LogP contribution in [0.25, 0.3) is 0 Å². The van der Waals surface area contributed by atoms with Gasteiger partial charge in [0.1, 0.15) is 0 Å². The third-order valence-corrected chi connectivity index (χ3v) is 4.22. The molecule has 130 valence electrons. The number of nitrogens with one attached hydrogen (secondary N) is 2. The van der Waals surface area contributed by atoms with Gasteiger partial charge in [-0.1, -0.05) is 60.2 Å². The van der Waals surface area contributed by atoms with Gasteiger partial charge in [0.15, 0.2) is 0 Å². The van der Waals surface area contributed by atoms with Crippen LogP contribution in [0.2, 0.25) is 0 Å². The first-order valence-corrected chi connectivity index (χ1v) is 8.42. The summed E-state index contributed by atoms with van der Waals surface area (Å²) in [5.41, 5.74) is 10.8. The Balaban J connectivity index is 1.79. The summed E-state index contributed by atoms with van der Waals surface area (Å²) in [5.74, 6) is -0.188. The number of hydrogen-bond acceptors (Lipinski definition) is 3. The van der Waals surface area contributed by atoms with E-state index < -0.39 is 0 Å². The van der Waals surface area contributed by atoms with Gasteiger partial charge in [-0.3, -0.25) is 10.2 Å². The van der Waals surface area contributed by atoms with E-state index in [1.807, 2.05) is 61.5 Å². The number of aryl methyl sites for hydroxylation is 1. The highest BCUT2D eigenvalue weighted by atomic mass is 16.1. The summed E-state index contributed by atoms with van der Waals surface area (Å²) in [6.07, 6.45) is 0. The molecule has 0 saturated heterocycles. The smallest absolute Gasteiger partial charge is 0.251 e. The minimum absolute atomic E-state index is 0.188. The first kappa shape index (κ1) is 17.4. The number of hydrogen-bond donors (Lipinski definition) is 3. The summed E-state index contributed by atoms with van der Waals surface area (Å²) < 4.78 is 0. The maximum Gasteiger partial charge on any atom is 0.251 e. The largest absolute Gasteiger partial charge is 0.398 e. The van der Waals surface area contributed by atoms with Crippen LogP contribution >= 0.6 is 0 Å². The van der Waals surface area contributed by atoms with Crippen molar-refractivity contribution in [2.75, 3.05) is 5.73 Å². The number of nitrogens with two attached hydrogens (primary N) is 1. The Hall–Kier alpha value is -3.40. The molecule has 0 fully saturated rings. The molecular formula is C22H21N3O. The van der Waals surface area contributed by atoms with Gasteiger partial charge < -0.3 is 11.1 Å². The fourth-order valence-corrected chi connectivity index (χ4v) is 2.67. The normalized spacial score (nSPS) is 10.3. The van der Waals surface area contributed by atoms with Crippen LogP contribution in [-0.4, -0.2) is 11.6 Å². The van der Waals surface area contributed by atoms with Gasteiger partial charge in [-0.2, -0.15) is 0 Å². The van der Waals surface area contributed by atoms with E-state index in [9.17, 15) is 4.79 Å². The molecule has 0 unspecified atom stereocenters. The second-order valence-corrected chi connectivity index (χ2v) is 6.21. The minimum Gasteiger partial charge on any atom is -0.398 e. The summed E-state index contributed by atoms with van der Waals surface area (Å²) in [4.78, 5) is 12.5. The van der Waals surface area contributed by atoms with Crippen LogP contribution in [0.5, 0.6) is 0 Å². The Morgan fingerprint density at radius 3 is 2.31 bits per heavy atom. The van der Waals surface area contributed by atoms with Crippen molar-refractivity contribution >= 4 is 17.3 Å². The molecule has 0 aliphatic carbocycles. The Bertz CT molecular complexity index is 931. The molecule has 4 heteroatoms. The van der Waals surface area contributed by atoms with Crippen molar-refractivity contribution in [2.45, 2.75) is 13.5 Å². The van der Waals surface area contributed by atoms with Crippen molar-refractivity contribution in [3.63, 3.8) is 0 Å². The average molecular weight is 343 g/mol. The molecule has 0 aliphatic heterocycles. The zero-order valence-corrected chi connectivity index (χ0v) is 14.6. The molecule has 0 saturated carbocycles. The number of anilines is 1. The molecule has 0 atom stereocenters. The van der Waals surface area contributed by atoms with Crippen molar-refractivity contribution in [2.24, 2.45) is 0 Å². The van der Waals surface area contributed by atoms with Crippen LogP contribution in [-0.2, 0) is 6.54 Å². The van der Waals surface area contributed by atoms with E-state index in [4.69, 9.17) is 11.1 Å². The van der Waals surface area contributed by atoms with E-state index in [0.29, 0.717) is 29.1 Å². The lowest BCUT2D eigenvalue weighted by Gasteiger charge is -2.11. The van der Waals surface area contributed by atoms with E-state index in [1.54, 1.807) is 18.2 Å². The molecule has 0 aromatic heterocycles. The quantitative estimate of drug-likeness (QED) is 0.485. The number of benzene rings is 3. The molecule has 3 aromatic carbocycles. The van der Waals surface area contributed by atoms with Crippen LogP contribution in [0, 0.1) is 12.3 Å². The van der Waals surface area contributed by atoms with Gasteiger partial charge in [-0.15, -0.1) is 0 Å². The van der Waals surface area contributed by atoms with E-state index >= 15 is 0 Å². The van der Waals surface area contributed by atoms with Crippen LogP contribution in [0.3, 0.4) is 0 Å². The lowest BCUT2D eigenvalue weighted by atomic mass is 9.98. The second kappa shape index (κ2) is 7.66. The first-order valence-electron chi connectivity index (χ1n) is 8.42. The van der Waals surface area contributed by atoms with Gasteiger partial charge in [0.25, 0.3) is 5.91 Å². The van der Waals surface area contributed by atoms with Crippen LogP contribution < -0.4 is 11.1 Å². The SMILES string of the molecule is Cc1ccc(C(=N)c2cc(C(=O)NCc3ccccc3)ccc2N)cc1. The fraction of sp³-hybridized carbons (Fsp3) is 0.0909. The number of carbonyl (C=O) groups excluding carboxylic acids is 1. The van der Waals surface area contributed by atoms with Gasteiger partial charge in [0.05, 0.1) is 5.71 Å². The molecular weight excluding hydrogens is 322 g/mol. The van der Waals surface area contributed by atoms with Crippen LogP contribution in [0.4, 0.5) is 5.69 Å². The molecule has 0 aliphatic rings. The second-order valence-electron chi connectivity index (χ2n) is 6.21. The van der Waals surface area contributed by atoms with Gasteiger partial charge in [-0.05, 0) is 30.7 Å². The fourth-order valence-electron chi connectivity index (χ4n) is 2.67. The molecule has 3 aromatic rings. The highest BCUT2D eigenvalue weighted by molar-refractivity contribution is 6.14. The highest BCUT2D eigenvalue weighted by Gasteiger charge is 2.13. The predicted molar refractivity (Wildman–Crippen MR) is 106 cm³/mol. The third-order valence-electron chi connectivity index (χ3n) is 4.22. The van der Waals surface area contributed by atoms with Crippen molar-refractivity contribution in [1.29, 1.82) is 5.41 Å². The summed E-state index contributed by atoms with van der Waals surface area (Å²) in [6.45, 7) is 2.45. The van der Waals surface area contributed by atoms with Crippen molar-refractivity contribution in [3.8, 4) is 0 Å². The predicted octanol–water partition coefficient (Wildman–Crippen LogP) is 3.92. The zero-order chi connectivity index (χ0) is 18.5. The van der Waals surface area contributed by atoms with Crippen LogP contribution in [0.15, 0.2) is 72.8 Å². The van der Waals surface area contributed by atoms with Gasteiger partial charge in [-0.25, -0.2) is 0 Å². The Morgan fingerprint density at radius 1 is 0.962 bits per heavy atom. The van der Waals surface area contributed by atoms with E-state index in [0.717, 1.165) is 16.7 Å². The van der Waals surface area contributed by atoms with Gasteiger partial charge >= 0.3 is 0 Å². The molecule has 0 radical (unpaired) electrons. The van der Waals surface area contributed by atoms with Crippen molar-refractivity contribution < 1.29 is 4.79 Å². The average Bonchev–Trinajstić information content (AvgIpc) is 2.67. The standard InChI is InChI=1S/C22H21N3O/c1-15-7-9-17(10-8-15)21(24)19-13-18(11-12-20(19)23)22(26)25-14-16-5-3-2-4-6-16/h2-13,24H,14,23H2,1H3,(H,25,26). The van der Waals surface area contributed by atoms with Gasteiger partial charge in [0.2, 0.25) is 0 Å². The number of amides is 1. The lowest BCUT2D eigenvalue weighted by Crippen LogP contribution is -2.23. The monoisotopic (exact) mass is 343 g/mol. The Kier molecular flexibility index (Phi) is 5.13. The highest BCUT2D eigenvalue weighted by Crippen LogP contribution is 2.19. The molecule has 4 nitrogen and oxygen atoms in total. The van der Waals surface area contributed by atoms with E-state index in [1.165, 1.54) is 0 Å². The number of rotatable bonds is 5.